The summed E-state index contributed by atoms with van der Waals surface area (Å²) in [7, 11) is 0. The minimum atomic E-state index is -1.02. The molecule has 63 heavy (non-hydrogen) atoms. The van der Waals surface area contributed by atoms with E-state index in [1.807, 2.05) is 41.3 Å². The van der Waals surface area contributed by atoms with Gasteiger partial charge in [-0.1, -0.05) is 23.2 Å². The van der Waals surface area contributed by atoms with Crippen LogP contribution in [0.4, 0.5) is 23.0 Å². The molecular formula is C40H42Cl2N18O3. The van der Waals surface area contributed by atoms with Crippen molar-refractivity contribution in [2.45, 2.75) is 13.1 Å². The summed E-state index contributed by atoms with van der Waals surface area (Å²) in [5, 5.41) is 23.5. The van der Waals surface area contributed by atoms with Gasteiger partial charge in [-0.3, -0.25) is 9.59 Å². The predicted octanol–water partition coefficient (Wildman–Crippen LogP) is 3.43. The Balaban J connectivity index is 0.000000144. The van der Waals surface area contributed by atoms with Crippen LogP contribution in [-0.2, 0) is 22.7 Å². The number of carboxylic acid groups (broad SMARTS) is 1. The molecule has 2 aliphatic heterocycles. The number of nitrogens with one attached hydrogen (secondary N) is 3. The fourth-order valence-corrected chi connectivity index (χ4v) is 7.45. The van der Waals surface area contributed by atoms with Gasteiger partial charge in [-0.25, -0.2) is 39.3 Å². The number of carbonyl (C=O) groups excluding carboxylic acids is 1. The number of aliphatic carboxylic acids is 1. The first kappa shape index (κ1) is 42.3. The van der Waals surface area contributed by atoms with Crippen LogP contribution in [0.1, 0.15) is 0 Å². The minimum Gasteiger partial charge on any atom is -0.480 e. The molecule has 2 saturated heterocycles. The summed E-state index contributed by atoms with van der Waals surface area (Å²) in [6, 6.07) is 15.8. The number of nitrogens with zero attached hydrogens (tertiary/aromatic N) is 13. The monoisotopic (exact) mass is 892 g/mol. The van der Waals surface area contributed by atoms with Crippen molar-refractivity contribution in [2.75, 3.05) is 73.6 Å². The van der Waals surface area contributed by atoms with Crippen molar-refractivity contribution in [1.82, 2.24) is 69.6 Å². The van der Waals surface area contributed by atoms with Crippen molar-refractivity contribution in [3.63, 3.8) is 0 Å². The van der Waals surface area contributed by atoms with Crippen LogP contribution in [0.25, 0.3) is 45.1 Å². The van der Waals surface area contributed by atoms with Crippen molar-refractivity contribution in [3.05, 3.63) is 96.0 Å². The van der Waals surface area contributed by atoms with Gasteiger partial charge >= 0.3 is 5.97 Å². The van der Waals surface area contributed by atoms with Gasteiger partial charge in [-0.05, 0) is 48.5 Å². The van der Waals surface area contributed by atoms with E-state index < -0.39 is 5.97 Å². The largest absolute Gasteiger partial charge is 0.480 e. The zero-order chi connectivity index (χ0) is 43.9. The Morgan fingerprint density at radius 2 is 1.08 bits per heavy atom. The maximum absolute atomic E-state index is 13.0. The first-order valence-corrected chi connectivity index (χ1v) is 20.5. The number of carboxylic acids is 1. The van der Waals surface area contributed by atoms with Crippen molar-refractivity contribution < 1.29 is 14.7 Å². The quantitative estimate of drug-likeness (QED) is 0.128. The van der Waals surface area contributed by atoms with E-state index in [1.54, 1.807) is 29.5 Å². The Morgan fingerprint density at radius 3 is 1.52 bits per heavy atom. The van der Waals surface area contributed by atoms with E-state index in [1.165, 1.54) is 23.0 Å². The number of imidazole rings is 2. The second-order valence-electron chi connectivity index (χ2n) is 14.3. The Bertz CT molecular complexity index is 2780. The highest BCUT2D eigenvalue weighted by Gasteiger charge is 2.25. The molecule has 8 heterocycles. The molecule has 10 rings (SSSR count). The molecule has 0 saturated carbocycles. The number of H-pyrrole nitrogens is 2. The van der Waals surface area contributed by atoms with Crippen molar-refractivity contribution in [1.29, 1.82) is 0 Å². The van der Waals surface area contributed by atoms with Crippen LogP contribution in [0.5, 0.6) is 0 Å². The van der Waals surface area contributed by atoms with Crippen LogP contribution in [-0.4, -0.2) is 134 Å². The molecule has 2 aliphatic rings. The van der Waals surface area contributed by atoms with Crippen molar-refractivity contribution in [3.8, 4) is 23.0 Å². The van der Waals surface area contributed by atoms with Crippen LogP contribution >= 0.6 is 23.2 Å². The van der Waals surface area contributed by atoms with Crippen LogP contribution in [0.15, 0.2) is 86.0 Å². The Hall–Kier alpha value is -7.36. The average Bonchev–Trinajstić information content (AvgIpc) is 4.14. The molecule has 23 heteroatoms. The SMILES string of the molecule is Clc1ccc(N2CCNCC2)cc1.Nc1ncnc2c1c(-c1ncc[nH]1)nn2CC(=O)N1CCN(c2ccc(Cl)cc2)CC1.Nc1ncnc2c1c(-c1ncc[nH]1)nn2CC(=O)O. The number of piperazine rings is 2. The number of fused-ring (bicyclic) bond motifs is 2. The maximum Gasteiger partial charge on any atom is 0.325 e. The normalized spacial score (nSPS) is 14.0. The van der Waals surface area contributed by atoms with Gasteiger partial charge in [-0.2, -0.15) is 10.2 Å². The molecule has 0 spiro atoms. The van der Waals surface area contributed by atoms with Gasteiger partial charge in [0.2, 0.25) is 5.91 Å². The van der Waals surface area contributed by atoms with Gasteiger partial charge in [0.25, 0.3) is 0 Å². The second kappa shape index (κ2) is 19.1. The number of benzene rings is 2. The molecule has 324 valence electrons. The Kier molecular flexibility index (Phi) is 12.9. The molecule has 0 unspecified atom stereocenters. The van der Waals surface area contributed by atoms with Gasteiger partial charge in [0.05, 0.1) is 10.8 Å². The Morgan fingerprint density at radius 1 is 0.619 bits per heavy atom. The van der Waals surface area contributed by atoms with Gasteiger partial charge in [0.1, 0.15) is 48.8 Å². The van der Waals surface area contributed by atoms with E-state index in [9.17, 15) is 9.59 Å². The minimum absolute atomic E-state index is 0.0247. The third-order valence-corrected chi connectivity index (χ3v) is 10.8. The lowest BCUT2D eigenvalue weighted by Crippen LogP contribution is -2.49. The number of aromatic nitrogens is 12. The van der Waals surface area contributed by atoms with E-state index in [-0.39, 0.29) is 24.8 Å². The number of amides is 1. The maximum atomic E-state index is 13.0. The predicted molar refractivity (Wildman–Crippen MR) is 239 cm³/mol. The van der Waals surface area contributed by atoms with Crippen molar-refractivity contribution in [2.24, 2.45) is 0 Å². The standard InChI is InChI=1S/C20H20ClN9O.C10H13ClN2.C10H9N7O2/c21-13-1-3-14(4-2-13)28-7-9-29(10-8-28)15(31)11-30-20-16(18(22)25-12-26-20)17(27-30)19-23-5-6-24-19;11-9-1-3-10(4-2-9)13-7-5-12-6-8-13;11-8-6-7(9-12-1-2-13-9)16-17(3-5(18)19)10(6)15-4-14-8/h1-6,12H,7-11H2,(H,23,24)(H2,22,25,26);1-4,12H,5-8H2;1-2,4H,3H2,(H,12,13)(H,18,19)(H2,11,14,15). The van der Waals surface area contributed by atoms with E-state index in [0.29, 0.717) is 69.0 Å². The van der Waals surface area contributed by atoms with E-state index in [4.69, 9.17) is 39.8 Å². The van der Waals surface area contributed by atoms with Gasteiger partial charge < -0.3 is 46.6 Å². The van der Waals surface area contributed by atoms with Crippen LogP contribution in [0.3, 0.4) is 0 Å². The van der Waals surface area contributed by atoms with Crippen LogP contribution < -0.4 is 26.6 Å². The summed E-state index contributed by atoms with van der Waals surface area (Å²) in [6.07, 6.45) is 9.17. The molecule has 0 radical (unpaired) electrons. The molecule has 0 aliphatic carbocycles. The average molecular weight is 894 g/mol. The number of carbonyl (C=O) groups is 2. The third kappa shape index (κ3) is 9.75. The third-order valence-electron chi connectivity index (χ3n) is 10.3. The molecule has 21 nitrogen and oxygen atoms in total. The zero-order valence-corrected chi connectivity index (χ0v) is 35.2. The highest BCUT2D eigenvalue weighted by atomic mass is 35.5. The van der Waals surface area contributed by atoms with E-state index in [0.717, 1.165) is 50.0 Å². The topological polar surface area (TPSA) is 273 Å². The molecule has 8 aromatic rings. The molecule has 2 aromatic carbocycles. The summed E-state index contributed by atoms with van der Waals surface area (Å²) in [5.74, 6) is 0.514. The number of rotatable bonds is 8. The fraction of sp³-hybridized carbons (Fsp3) is 0.250. The fourth-order valence-electron chi connectivity index (χ4n) is 7.20. The highest BCUT2D eigenvalue weighted by molar-refractivity contribution is 6.30. The number of halogens is 2. The smallest absolute Gasteiger partial charge is 0.325 e. The molecule has 0 bridgehead atoms. The molecular weight excluding hydrogens is 851 g/mol. The number of aromatic amines is 2. The molecule has 8 N–H and O–H groups in total. The highest BCUT2D eigenvalue weighted by Crippen LogP contribution is 2.29. The van der Waals surface area contributed by atoms with E-state index >= 15 is 0 Å². The number of anilines is 4. The molecule has 0 atom stereocenters. The summed E-state index contributed by atoms with van der Waals surface area (Å²) < 4.78 is 2.83. The lowest BCUT2D eigenvalue weighted by Gasteiger charge is -2.36. The van der Waals surface area contributed by atoms with Gasteiger partial charge in [-0.15, -0.1) is 0 Å². The summed E-state index contributed by atoms with van der Waals surface area (Å²) >= 11 is 11.8. The number of hydrogen-bond donors (Lipinski definition) is 6. The lowest BCUT2D eigenvalue weighted by molar-refractivity contribution is -0.137. The second-order valence-corrected chi connectivity index (χ2v) is 15.1. The zero-order valence-electron chi connectivity index (χ0n) is 33.6. The molecule has 1 amide bonds. The summed E-state index contributed by atoms with van der Waals surface area (Å²) in [4.78, 5) is 60.8. The first-order chi connectivity index (χ1) is 30.6. The van der Waals surface area contributed by atoms with Crippen LogP contribution in [0, 0.1) is 0 Å². The van der Waals surface area contributed by atoms with Crippen molar-refractivity contribution >= 4 is 80.2 Å². The first-order valence-electron chi connectivity index (χ1n) is 19.8. The molecule has 2 fully saturated rings. The number of nitrogen functional groups attached to an aromatic ring is 2. The van der Waals surface area contributed by atoms with Gasteiger partial charge in [0, 0.05) is 98.6 Å². The van der Waals surface area contributed by atoms with E-state index in [2.05, 4.69) is 77.3 Å². The lowest BCUT2D eigenvalue weighted by atomic mass is 10.2. The molecule has 6 aromatic heterocycles. The van der Waals surface area contributed by atoms with Gasteiger partial charge in [0.15, 0.2) is 22.9 Å². The Labute approximate surface area is 369 Å². The summed E-state index contributed by atoms with van der Waals surface area (Å²) in [5.41, 5.74) is 16.1. The number of nitrogens with two attached hydrogens (primary N) is 2. The van der Waals surface area contributed by atoms with Crippen LogP contribution in [0.2, 0.25) is 10.0 Å². The summed E-state index contributed by atoms with van der Waals surface area (Å²) in [6.45, 7) is 6.82. The number of hydrogen-bond acceptors (Lipinski definition) is 15.